The fourth-order valence-electron chi connectivity index (χ4n) is 2.88. The van der Waals surface area contributed by atoms with Crippen LogP contribution < -0.4 is 5.73 Å². The zero-order valence-electron chi connectivity index (χ0n) is 16.9. The van der Waals surface area contributed by atoms with Crippen molar-refractivity contribution >= 4 is 23.0 Å². The number of nitrogens with two attached hydrogens (primary N) is 1. The molecule has 0 saturated heterocycles. The number of halogens is 5. The second-order valence-corrected chi connectivity index (χ2v) is 8.05. The molecule has 10 heteroatoms. The quantitative estimate of drug-likeness (QED) is 0.336. The minimum absolute atomic E-state index is 0.00558. The molecule has 172 valence electrons. The first kappa shape index (κ1) is 24.1. The average molecular weight is 480 g/mol. The van der Waals surface area contributed by atoms with E-state index in [1.807, 2.05) is 0 Å². The molecular formula is C23H17F5N2O2S. The maximum atomic E-state index is 13.9. The van der Waals surface area contributed by atoms with Gasteiger partial charge in [0.05, 0.1) is 23.6 Å². The molecule has 0 radical (unpaired) electrons. The number of carboxylic acid groups (broad SMARTS) is 1. The molecule has 1 aromatic heterocycles. The molecule has 0 bridgehead atoms. The third kappa shape index (κ3) is 6.48. The number of carboxylic acids is 1. The van der Waals surface area contributed by atoms with Gasteiger partial charge in [-0.1, -0.05) is 24.3 Å². The molecular weight excluding hydrogens is 463 g/mol. The third-order valence-corrected chi connectivity index (χ3v) is 5.64. The van der Waals surface area contributed by atoms with Gasteiger partial charge in [0.2, 0.25) is 0 Å². The summed E-state index contributed by atoms with van der Waals surface area (Å²) >= 11 is 1.12. The van der Waals surface area contributed by atoms with Gasteiger partial charge >= 0.3 is 12.1 Å². The van der Waals surface area contributed by atoms with Crippen molar-refractivity contribution in [2.75, 3.05) is 0 Å². The van der Waals surface area contributed by atoms with E-state index < -0.39 is 29.5 Å². The monoisotopic (exact) mass is 480 g/mol. The number of thiophene rings is 1. The van der Waals surface area contributed by atoms with Crippen LogP contribution in [-0.2, 0) is 17.8 Å². The van der Waals surface area contributed by atoms with Crippen molar-refractivity contribution in [3.8, 4) is 10.4 Å². The van der Waals surface area contributed by atoms with E-state index in [4.69, 9.17) is 10.8 Å². The molecule has 0 saturated carbocycles. The fraction of sp³-hybridized carbons (Fsp3) is 0.130. The van der Waals surface area contributed by atoms with Crippen LogP contribution in [0.15, 0.2) is 71.4 Å². The van der Waals surface area contributed by atoms with Crippen LogP contribution >= 0.6 is 11.3 Å². The number of hydrogen-bond acceptors (Lipinski definition) is 4. The summed E-state index contributed by atoms with van der Waals surface area (Å²) in [5.41, 5.74) is 4.93. The summed E-state index contributed by atoms with van der Waals surface area (Å²) in [6.45, 7) is -0.329. The Morgan fingerprint density at radius 1 is 1.09 bits per heavy atom. The van der Waals surface area contributed by atoms with E-state index in [0.29, 0.717) is 33.0 Å². The van der Waals surface area contributed by atoms with Gasteiger partial charge in [-0.2, -0.15) is 13.2 Å². The number of alkyl halides is 3. The molecule has 3 N–H and O–H groups in total. The Bertz CT molecular complexity index is 1230. The standard InChI is InChI=1S/C23H17F5N2O2S/c24-16-5-4-15(17(25)10-16)12-30-18(11-21(29)23(26,27)28)20-7-6-19(33-20)14-3-1-2-13(8-14)9-22(31)32/h1-8,10-11H,9,12,29H2,(H,31,32). The van der Waals surface area contributed by atoms with Crippen LogP contribution in [0, 0.1) is 11.6 Å². The highest BCUT2D eigenvalue weighted by Gasteiger charge is 2.32. The number of hydrogen-bond donors (Lipinski definition) is 2. The minimum atomic E-state index is -4.78. The zero-order chi connectivity index (χ0) is 24.2. The lowest BCUT2D eigenvalue weighted by molar-refractivity contribution is -0.136. The van der Waals surface area contributed by atoms with E-state index in [9.17, 15) is 26.7 Å². The number of aliphatic imine (C=N–C) groups is 1. The molecule has 0 aliphatic carbocycles. The Labute approximate surface area is 189 Å². The summed E-state index contributed by atoms with van der Waals surface area (Å²) in [6, 6.07) is 12.8. The molecule has 0 spiro atoms. The van der Waals surface area contributed by atoms with Crippen molar-refractivity contribution in [1.82, 2.24) is 0 Å². The molecule has 0 unspecified atom stereocenters. The highest BCUT2D eigenvalue weighted by Crippen LogP contribution is 2.31. The van der Waals surface area contributed by atoms with Gasteiger partial charge in [-0.25, -0.2) is 8.78 Å². The first-order chi connectivity index (χ1) is 15.5. The zero-order valence-corrected chi connectivity index (χ0v) is 17.7. The van der Waals surface area contributed by atoms with Gasteiger partial charge in [0.15, 0.2) is 0 Å². The lowest BCUT2D eigenvalue weighted by Crippen LogP contribution is -2.20. The number of aliphatic carboxylic acids is 1. The summed E-state index contributed by atoms with van der Waals surface area (Å²) in [6.07, 6.45) is -4.29. The Morgan fingerprint density at radius 3 is 2.52 bits per heavy atom. The molecule has 0 atom stereocenters. The summed E-state index contributed by atoms with van der Waals surface area (Å²) in [5, 5.41) is 8.97. The van der Waals surface area contributed by atoms with Crippen LogP contribution in [0.4, 0.5) is 22.0 Å². The van der Waals surface area contributed by atoms with Crippen LogP contribution in [0.25, 0.3) is 10.4 Å². The molecule has 2 aromatic carbocycles. The largest absolute Gasteiger partial charge is 0.481 e. The number of carbonyl (C=O) groups is 1. The Balaban J connectivity index is 1.98. The van der Waals surface area contributed by atoms with Gasteiger partial charge in [0.25, 0.3) is 0 Å². The van der Waals surface area contributed by atoms with Crippen molar-refractivity contribution in [1.29, 1.82) is 0 Å². The minimum Gasteiger partial charge on any atom is -0.481 e. The van der Waals surface area contributed by atoms with Crippen molar-refractivity contribution in [2.45, 2.75) is 19.1 Å². The molecule has 3 aromatic rings. The first-order valence-corrected chi connectivity index (χ1v) is 10.3. The lowest BCUT2D eigenvalue weighted by Gasteiger charge is -2.08. The number of rotatable bonds is 7. The third-order valence-electron chi connectivity index (χ3n) is 4.48. The number of benzene rings is 2. The molecule has 33 heavy (non-hydrogen) atoms. The lowest BCUT2D eigenvalue weighted by atomic mass is 10.1. The number of nitrogens with zero attached hydrogens (tertiary/aromatic N) is 1. The van der Waals surface area contributed by atoms with Gasteiger partial charge in [0, 0.05) is 16.5 Å². The summed E-state index contributed by atoms with van der Waals surface area (Å²) in [4.78, 5) is 16.1. The first-order valence-electron chi connectivity index (χ1n) is 9.47. The van der Waals surface area contributed by atoms with Crippen LogP contribution in [0.5, 0.6) is 0 Å². The summed E-state index contributed by atoms with van der Waals surface area (Å²) < 4.78 is 66.1. The van der Waals surface area contributed by atoms with Crippen LogP contribution in [0.1, 0.15) is 16.0 Å². The second kappa shape index (κ2) is 9.95. The van der Waals surface area contributed by atoms with Crippen molar-refractivity contribution < 1.29 is 31.9 Å². The van der Waals surface area contributed by atoms with Crippen LogP contribution in [0.2, 0.25) is 0 Å². The van der Waals surface area contributed by atoms with Gasteiger partial charge in [0.1, 0.15) is 17.3 Å². The van der Waals surface area contributed by atoms with Crippen molar-refractivity contribution in [2.24, 2.45) is 10.7 Å². The SMILES string of the molecule is NC(=CC(=NCc1ccc(F)cc1F)c1ccc(-c2cccc(CC(=O)O)c2)s1)C(F)(F)F. The molecule has 3 rings (SSSR count). The van der Waals surface area contributed by atoms with E-state index >= 15 is 0 Å². The normalized spacial score (nSPS) is 12.8. The Kier molecular flexibility index (Phi) is 7.27. The molecule has 1 heterocycles. The summed E-state index contributed by atoms with van der Waals surface area (Å²) in [7, 11) is 0. The maximum Gasteiger partial charge on any atom is 0.430 e. The van der Waals surface area contributed by atoms with E-state index in [2.05, 4.69) is 4.99 Å². The smallest absolute Gasteiger partial charge is 0.430 e. The fourth-order valence-corrected chi connectivity index (χ4v) is 3.87. The van der Waals surface area contributed by atoms with E-state index in [-0.39, 0.29) is 24.2 Å². The van der Waals surface area contributed by atoms with E-state index in [1.54, 1.807) is 36.4 Å². The highest BCUT2D eigenvalue weighted by molar-refractivity contribution is 7.17. The molecule has 0 aliphatic rings. The molecule has 0 fully saturated rings. The predicted octanol–water partition coefficient (Wildman–Crippen LogP) is 5.71. The van der Waals surface area contributed by atoms with Crippen LogP contribution in [-0.4, -0.2) is 23.0 Å². The predicted molar refractivity (Wildman–Crippen MR) is 116 cm³/mol. The van der Waals surface area contributed by atoms with Crippen LogP contribution in [0.3, 0.4) is 0 Å². The number of allylic oxidation sites excluding steroid dienone is 2. The second-order valence-electron chi connectivity index (χ2n) is 6.97. The van der Waals surface area contributed by atoms with Gasteiger partial charge in [-0.15, -0.1) is 11.3 Å². The van der Waals surface area contributed by atoms with E-state index in [0.717, 1.165) is 23.5 Å². The average Bonchev–Trinajstić information content (AvgIpc) is 3.21. The maximum absolute atomic E-state index is 13.9. The van der Waals surface area contributed by atoms with Gasteiger partial charge in [-0.3, -0.25) is 9.79 Å². The van der Waals surface area contributed by atoms with Gasteiger partial charge in [-0.05, 0) is 41.5 Å². The van der Waals surface area contributed by atoms with Crippen molar-refractivity contribution in [3.05, 3.63) is 94.0 Å². The Morgan fingerprint density at radius 2 is 1.85 bits per heavy atom. The molecule has 0 amide bonds. The highest BCUT2D eigenvalue weighted by atomic mass is 32.1. The summed E-state index contributed by atoms with van der Waals surface area (Å²) in [5.74, 6) is -2.64. The van der Waals surface area contributed by atoms with Gasteiger partial charge < -0.3 is 10.8 Å². The van der Waals surface area contributed by atoms with E-state index in [1.165, 1.54) is 0 Å². The van der Waals surface area contributed by atoms with Crippen molar-refractivity contribution in [3.63, 3.8) is 0 Å². The Hall–Kier alpha value is -3.53. The molecule has 0 aliphatic heterocycles. The topological polar surface area (TPSA) is 75.7 Å². The molecule has 4 nitrogen and oxygen atoms in total.